The Balaban J connectivity index is 4.14. The summed E-state index contributed by atoms with van der Waals surface area (Å²) in [5.74, 6) is -0.392. The molecular formula is C6H11F3N2O2. The molecule has 0 saturated heterocycles. The fourth-order valence-corrected chi connectivity index (χ4v) is 0.534. The number of nitrogens with zero attached hydrogens (tertiary/aromatic N) is 1. The van der Waals surface area contributed by atoms with Gasteiger partial charge in [-0.3, -0.25) is 0 Å². The molecule has 0 radical (unpaired) electrons. The first-order valence-electron chi connectivity index (χ1n) is 3.48. The molecule has 0 bridgehead atoms. The molecular weight excluding hydrogens is 189 g/mol. The van der Waals surface area contributed by atoms with Crippen molar-refractivity contribution in [3.05, 3.63) is 0 Å². The number of hydrogen-bond acceptors (Lipinski definition) is 3. The molecule has 7 heteroatoms. The van der Waals surface area contributed by atoms with Gasteiger partial charge < -0.3 is 15.7 Å². The van der Waals surface area contributed by atoms with Crippen molar-refractivity contribution in [3.63, 3.8) is 0 Å². The predicted molar refractivity (Wildman–Crippen MR) is 39.5 cm³/mol. The van der Waals surface area contributed by atoms with Gasteiger partial charge >= 0.3 is 6.18 Å². The summed E-state index contributed by atoms with van der Waals surface area (Å²) in [6, 6.07) is 0. The third-order valence-electron chi connectivity index (χ3n) is 1.40. The summed E-state index contributed by atoms with van der Waals surface area (Å²) in [6.07, 6.45) is -7.45. The summed E-state index contributed by atoms with van der Waals surface area (Å²) < 4.78 is 40.2. The third-order valence-corrected chi connectivity index (χ3v) is 1.40. The van der Waals surface area contributed by atoms with E-state index in [4.69, 9.17) is 10.9 Å². The molecule has 0 rings (SSSR count). The van der Waals surface area contributed by atoms with E-state index >= 15 is 0 Å². The van der Waals surface area contributed by atoms with Crippen LogP contribution in [0.2, 0.25) is 0 Å². The molecule has 2 atom stereocenters. The second kappa shape index (κ2) is 4.31. The van der Waals surface area contributed by atoms with Gasteiger partial charge in [-0.1, -0.05) is 5.16 Å². The molecule has 0 aromatic carbocycles. The Kier molecular flexibility index (Phi) is 3.99. The van der Waals surface area contributed by atoms with E-state index < -0.39 is 24.2 Å². The van der Waals surface area contributed by atoms with Crippen LogP contribution in [0, 0.1) is 0 Å². The van der Waals surface area contributed by atoms with Crippen LogP contribution in [0.3, 0.4) is 0 Å². The summed E-state index contributed by atoms with van der Waals surface area (Å²) in [6.45, 7) is 2.11. The molecule has 78 valence electrons. The number of oxime groups is 1. The number of ether oxygens (including phenoxy) is 1. The van der Waals surface area contributed by atoms with E-state index in [0.717, 1.165) is 6.92 Å². The molecule has 3 N–H and O–H groups in total. The molecule has 0 aromatic rings. The maximum absolute atomic E-state index is 11.9. The number of nitrogens with two attached hydrogens (primary N) is 1. The summed E-state index contributed by atoms with van der Waals surface area (Å²) >= 11 is 0. The van der Waals surface area contributed by atoms with Gasteiger partial charge in [0, 0.05) is 0 Å². The lowest BCUT2D eigenvalue weighted by Crippen LogP contribution is -2.37. The molecule has 0 spiro atoms. The van der Waals surface area contributed by atoms with Crippen molar-refractivity contribution < 1.29 is 23.1 Å². The van der Waals surface area contributed by atoms with Gasteiger partial charge in [0.25, 0.3) is 0 Å². The number of alkyl halides is 3. The number of rotatable bonds is 3. The maximum Gasteiger partial charge on any atom is 0.414 e. The highest BCUT2D eigenvalue weighted by atomic mass is 19.4. The van der Waals surface area contributed by atoms with E-state index in [-0.39, 0.29) is 0 Å². The number of halogens is 3. The van der Waals surface area contributed by atoms with Crippen molar-refractivity contribution >= 4 is 5.84 Å². The Bertz CT molecular complexity index is 193. The van der Waals surface area contributed by atoms with E-state index in [1.165, 1.54) is 6.92 Å². The predicted octanol–water partition coefficient (Wildman–Crippen LogP) is 1.09. The molecule has 0 aromatic heterocycles. The average molecular weight is 200 g/mol. The Morgan fingerprint density at radius 2 is 1.92 bits per heavy atom. The van der Waals surface area contributed by atoms with Crippen LogP contribution in [-0.2, 0) is 4.74 Å². The minimum absolute atomic E-state index is 0.392. The zero-order valence-electron chi connectivity index (χ0n) is 7.17. The standard InChI is InChI=1S/C6H11F3N2O2/c1-3(5(10)11-12)13-4(2)6(7,8)9/h3-4,12H,1-2H3,(H2,10,11). The first-order chi connectivity index (χ1) is 5.79. The minimum Gasteiger partial charge on any atom is -0.409 e. The molecule has 0 aliphatic heterocycles. The zero-order valence-corrected chi connectivity index (χ0v) is 7.17. The minimum atomic E-state index is -4.44. The molecule has 4 nitrogen and oxygen atoms in total. The number of amidine groups is 1. The number of hydrogen-bond donors (Lipinski definition) is 2. The van der Waals surface area contributed by atoms with Gasteiger partial charge in [-0.05, 0) is 13.8 Å². The van der Waals surface area contributed by atoms with Crippen LogP contribution >= 0.6 is 0 Å². The Morgan fingerprint density at radius 1 is 1.46 bits per heavy atom. The third kappa shape index (κ3) is 3.97. The van der Waals surface area contributed by atoms with Crippen LogP contribution in [0.1, 0.15) is 13.8 Å². The maximum atomic E-state index is 11.9. The average Bonchev–Trinajstić information content (AvgIpc) is 2.01. The molecule has 0 fully saturated rings. The topological polar surface area (TPSA) is 67.8 Å². The lowest BCUT2D eigenvalue weighted by atomic mass is 10.3. The van der Waals surface area contributed by atoms with Gasteiger partial charge in [0.05, 0.1) is 0 Å². The van der Waals surface area contributed by atoms with Crippen LogP contribution in [0.4, 0.5) is 13.2 Å². The van der Waals surface area contributed by atoms with Gasteiger partial charge in [-0.25, -0.2) is 0 Å². The quantitative estimate of drug-likeness (QED) is 0.310. The van der Waals surface area contributed by atoms with Crippen LogP contribution in [0.15, 0.2) is 5.16 Å². The highest BCUT2D eigenvalue weighted by Gasteiger charge is 2.38. The monoisotopic (exact) mass is 200 g/mol. The van der Waals surface area contributed by atoms with Crippen molar-refractivity contribution in [2.75, 3.05) is 0 Å². The normalized spacial score (nSPS) is 18.4. The molecule has 2 unspecified atom stereocenters. The largest absolute Gasteiger partial charge is 0.414 e. The van der Waals surface area contributed by atoms with Crippen LogP contribution < -0.4 is 5.73 Å². The van der Waals surface area contributed by atoms with Crippen LogP contribution in [0.25, 0.3) is 0 Å². The lowest BCUT2D eigenvalue weighted by Gasteiger charge is -2.20. The van der Waals surface area contributed by atoms with E-state index in [0.29, 0.717) is 0 Å². The fourth-order valence-electron chi connectivity index (χ4n) is 0.534. The summed E-state index contributed by atoms with van der Waals surface area (Å²) in [5.41, 5.74) is 5.02. The second-order valence-electron chi connectivity index (χ2n) is 2.49. The van der Waals surface area contributed by atoms with Crippen molar-refractivity contribution in [2.45, 2.75) is 32.2 Å². The molecule has 13 heavy (non-hydrogen) atoms. The summed E-state index contributed by atoms with van der Waals surface area (Å²) in [7, 11) is 0. The Hall–Kier alpha value is -0.980. The lowest BCUT2D eigenvalue weighted by molar-refractivity contribution is -0.218. The molecule has 0 saturated carbocycles. The summed E-state index contributed by atoms with van der Waals surface area (Å²) in [4.78, 5) is 0. The smallest absolute Gasteiger partial charge is 0.409 e. The first kappa shape index (κ1) is 12.0. The second-order valence-corrected chi connectivity index (χ2v) is 2.49. The van der Waals surface area contributed by atoms with E-state index in [9.17, 15) is 13.2 Å². The van der Waals surface area contributed by atoms with E-state index in [1.54, 1.807) is 0 Å². The molecule has 0 aliphatic carbocycles. The van der Waals surface area contributed by atoms with Crippen molar-refractivity contribution in [1.29, 1.82) is 0 Å². The van der Waals surface area contributed by atoms with E-state index in [2.05, 4.69) is 9.89 Å². The van der Waals surface area contributed by atoms with Crippen LogP contribution in [0.5, 0.6) is 0 Å². The first-order valence-corrected chi connectivity index (χ1v) is 3.48. The highest BCUT2D eigenvalue weighted by Crippen LogP contribution is 2.23. The van der Waals surface area contributed by atoms with Gasteiger partial charge in [-0.15, -0.1) is 0 Å². The Labute approximate surface area is 73.2 Å². The van der Waals surface area contributed by atoms with Gasteiger partial charge in [0.15, 0.2) is 11.9 Å². The van der Waals surface area contributed by atoms with Crippen molar-refractivity contribution in [1.82, 2.24) is 0 Å². The van der Waals surface area contributed by atoms with E-state index in [1.807, 2.05) is 0 Å². The SMILES string of the molecule is CC(OC(C)C(F)(F)F)C(N)=NO. The fraction of sp³-hybridized carbons (Fsp3) is 0.833. The van der Waals surface area contributed by atoms with Crippen LogP contribution in [-0.4, -0.2) is 29.4 Å². The van der Waals surface area contributed by atoms with Gasteiger partial charge in [-0.2, -0.15) is 13.2 Å². The zero-order chi connectivity index (χ0) is 10.6. The highest BCUT2D eigenvalue weighted by molar-refractivity contribution is 5.83. The van der Waals surface area contributed by atoms with Crippen molar-refractivity contribution in [3.8, 4) is 0 Å². The van der Waals surface area contributed by atoms with Gasteiger partial charge in [0.2, 0.25) is 0 Å². The molecule has 0 heterocycles. The van der Waals surface area contributed by atoms with Gasteiger partial charge in [0.1, 0.15) is 6.10 Å². The molecule has 0 amide bonds. The Morgan fingerprint density at radius 3 is 2.23 bits per heavy atom. The summed E-state index contributed by atoms with van der Waals surface area (Å²) in [5, 5.41) is 10.6. The molecule has 0 aliphatic rings. The van der Waals surface area contributed by atoms with Crippen molar-refractivity contribution in [2.24, 2.45) is 10.9 Å².